The Labute approximate surface area is 102 Å². The SMILES string of the molecule is C[C@@H](c1ccccc1N)N(C(=O)O)C(C)(C)C. The maximum atomic E-state index is 11.4. The van der Waals surface area contributed by atoms with E-state index in [1.54, 1.807) is 6.07 Å². The van der Waals surface area contributed by atoms with Gasteiger partial charge in [0.25, 0.3) is 0 Å². The van der Waals surface area contributed by atoms with Crippen LogP contribution in [0.15, 0.2) is 24.3 Å². The van der Waals surface area contributed by atoms with E-state index in [2.05, 4.69) is 0 Å². The number of anilines is 1. The second-order valence-electron chi connectivity index (χ2n) is 5.13. The van der Waals surface area contributed by atoms with Crippen molar-refractivity contribution in [2.45, 2.75) is 39.3 Å². The van der Waals surface area contributed by atoms with Crippen LogP contribution in [-0.2, 0) is 0 Å². The Hall–Kier alpha value is -1.71. The van der Waals surface area contributed by atoms with Crippen molar-refractivity contribution in [3.8, 4) is 0 Å². The van der Waals surface area contributed by atoms with Gasteiger partial charge in [-0.3, -0.25) is 4.90 Å². The lowest BCUT2D eigenvalue weighted by molar-refractivity contribution is 0.0755. The summed E-state index contributed by atoms with van der Waals surface area (Å²) in [6.07, 6.45) is -0.937. The number of nitrogens with two attached hydrogens (primary N) is 1. The molecule has 0 spiro atoms. The predicted octanol–water partition coefficient (Wildman–Crippen LogP) is 3.11. The maximum Gasteiger partial charge on any atom is 0.408 e. The summed E-state index contributed by atoms with van der Waals surface area (Å²) < 4.78 is 0. The quantitative estimate of drug-likeness (QED) is 0.775. The molecule has 0 heterocycles. The molecule has 1 amide bonds. The van der Waals surface area contributed by atoms with Crippen molar-refractivity contribution in [3.63, 3.8) is 0 Å². The number of benzene rings is 1. The van der Waals surface area contributed by atoms with Crippen LogP contribution in [0.25, 0.3) is 0 Å². The zero-order valence-corrected chi connectivity index (χ0v) is 10.8. The Bertz CT molecular complexity index is 410. The van der Waals surface area contributed by atoms with Crippen molar-refractivity contribution in [1.82, 2.24) is 4.90 Å². The summed E-state index contributed by atoms with van der Waals surface area (Å²) in [5.41, 5.74) is 6.88. The number of amides is 1. The Balaban J connectivity index is 3.14. The molecule has 0 radical (unpaired) electrons. The molecular formula is C13H20N2O2. The molecular weight excluding hydrogens is 216 g/mol. The van der Waals surface area contributed by atoms with Crippen molar-refractivity contribution in [2.24, 2.45) is 0 Å². The minimum atomic E-state index is -0.937. The molecule has 1 rings (SSSR count). The first kappa shape index (κ1) is 13.4. The number of nitrogens with zero attached hydrogens (tertiary/aromatic N) is 1. The number of nitrogen functional groups attached to an aromatic ring is 1. The van der Waals surface area contributed by atoms with Crippen LogP contribution in [0.5, 0.6) is 0 Å². The molecule has 4 nitrogen and oxygen atoms in total. The van der Waals surface area contributed by atoms with Crippen molar-refractivity contribution in [3.05, 3.63) is 29.8 Å². The average Bonchev–Trinajstić information content (AvgIpc) is 2.15. The number of para-hydroxylation sites is 1. The molecule has 0 aliphatic carbocycles. The van der Waals surface area contributed by atoms with E-state index in [4.69, 9.17) is 5.73 Å². The van der Waals surface area contributed by atoms with E-state index in [9.17, 15) is 9.90 Å². The Morgan fingerprint density at radius 2 is 1.88 bits per heavy atom. The van der Waals surface area contributed by atoms with Gasteiger partial charge in [-0.15, -0.1) is 0 Å². The van der Waals surface area contributed by atoms with Crippen molar-refractivity contribution in [1.29, 1.82) is 0 Å². The molecule has 0 fully saturated rings. The lowest BCUT2D eigenvalue weighted by atomic mass is 9.98. The number of carboxylic acid groups (broad SMARTS) is 1. The number of hydrogen-bond donors (Lipinski definition) is 2. The third-order valence-corrected chi connectivity index (χ3v) is 2.76. The van der Waals surface area contributed by atoms with Crippen LogP contribution >= 0.6 is 0 Å². The molecule has 1 atom stereocenters. The molecule has 1 aromatic carbocycles. The normalized spacial score (nSPS) is 13.2. The van der Waals surface area contributed by atoms with Crippen molar-refractivity contribution in [2.75, 3.05) is 5.73 Å². The molecule has 0 bridgehead atoms. The third kappa shape index (κ3) is 2.90. The van der Waals surface area contributed by atoms with Gasteiger partial charge in [0.15, 0.2) is 0 Å². The summed E-state index contributed by atoms with van der Waals surface area (Å²) in [5.74, 6) is 0. The number of hydrogen-bond acceptors (Lipinski definition) is 2. The van der Waals surface area contributed by atoms with Crippen molar-refractivity contribution >= 4 is 11.8 Å². The van der Waals surface area contributed by atoms with Gasteiger partial charge in [-0.05, 0) is 39.3 Å². The summed E-state index contributed by atoms with van der Waals surface area (Å²) in [6.45, 7) is 7.47. The Kier molecular flexibility index (Phi) is 3.66. The summed E-state index contributed by atoms with van der Waals surface area (Å²) in [6, 6.07) is 7.09. The van der Waals surface area contributed by atoms with Crippen LogP contribution < -0.4 is 5.73 Å². The van der Waals surface area contributed by atoms with Crippen LogP contribution in [0, 0.1) is 0 Å². The van der Waals surface area contributed by atoms with Crippen LogP contribution in [0.4, 0.5) is 10.5 Å². The van der Waals surface area contributed by atoms with Crippen LogP contribution in [0.3, 0.4) is 0 Å². The summed E-state index contributed by atoms with van der Waals surface area (Å²) in [7, 11) is 0. The van der Waals surface area contributed by atoms with Gasteiger partial charge >= 0.3 is 6.09 Å². The number of rotatable bonds is 2. The summed E-state index contributed by atoms with van der Waals surface area (Å²) in [4.78, 5) is 12.8. The first-order valence-electron chi connectivity index (χ1n) is 5.62. The smallest absolute Gasteiger partial charge is 0.408 e. The second kappa shape index (κ2) is 4.65. The fraction of sp³-hybridized carbons (Fsp3) is 0.462. The second-order valence-corrected chi connectivity index (χ2v) is 5.13. The van der Waals surface area contributed by atoms with E-state index in [0.717, 1.165) is 5.56 Å². The minimum absolute atomic E-state index is 0.270. The van der Waals surface area contributed by atoms with Gasteiger partial charge < -0.3 is 10.8 Å². The number of carbonyl (C=O) groups is 1. The van der Waals surface area contributed by atoms with Gasteiger partial charge in [0.05, 0.1) is 6.04 Å². The van der Waals surface area contributed by atoms with Gasteiger partial charge in [0, 0.05) is 11.2 Å². The van der Waals surface area contributed by atoms with Crippen LogP contribution in [-0.4, -0.2) is 21.6 Å². The first-order chi connectivity index (χ1) is 7.75. The van der Waals surface area contributed by atoms with E-state index < -0.39 is 11.6 Å². The van der Waals surface area contributed by atoms with E-state index in [1.165, 1.54) is 4.90 Å². The summed E-state index contributed by atoms with van der Waals surface area (Å²) >= 11 is 0. The topological polar surface area (TPSA) is 66.6 Å². The highest BCUT2D eigenvalue weighted by atomic mass is 16.4. The Morgan fingerprint density at radius 1 is 1.35 bits per heavy atom. The van der Waals surface area contributed by atoms with E-state index in [0.29, 0.717) is 5.69 Å². The average molecular weight is 236 g/mol. The first-order valence-corrected chi connectivity index (χ1v) is 5.62. The molecule has 0 unspecified atom stereocenters. The zero-order chi connectivity index (χ0) is 13.2. The predicted molar refractivity (Wildman–Crippen MR) is 68.9 cm³/mol. The van der Waals surface area contributed by atoms with E-state index >= 15 is 0 Å². The molecule has 0 aliphatic heterocycles. The van der Waals surface area contributed by atoms with Crippen LogP contribution in [0.2, 0.25) is 0 Å². The molecule has 0 aromatic heterocycles. The fourth-order valence-electron chi connectivity index (χ4n) is 2.06. The van der Waals surface area contributed by atoms with Gasteiger partial charge in [0.1, 0.15) is 0 Å². The lowest BCUT2D eigenvalue weighted by Crippen LogP contribution is -2.46. The third-order valence-electron chi connectivity index (χ3n) is 2.76. The molecule has 1 aromatic rings. The Morgan fingerprint density at radius 3 is 2.29 bits per heavy atom. The van der Waals surface area contributed by atoms with Gasteiger partial charge in [-0.25, -0.2) is 4.79 Å². The molecule has 94 valence electrons. The molecule has 3 N–H and O–H groups in total. The van der Waals surface area contributed by atoms with Gasteiger partial charge in [-0.1, -0.05) is 18.2 Å². The standard InChI is InChI=1S/C13H20N2O2/c1-9(10-7-5-6-8-11(10)14)15(12(16)17)13(2,3)4/h5-9H,14H2,1-4H3,(H,16,17)/t9-/m0/s1. The molecule has 0 saturated heterocycles. The van der Waals surface area contributed by atoms with Crippen molar-refractivity contribution < 1.29 is 9.90 Å². The highest BCUT2D eigenvalue weighted by molar-refractivity contribution is 5.67. The maximum absolute atomic E-state index is 11.4. The molecule has 0 saturated carbocycles. The largest absolute Gasteiger partial charge is 0.465 e. The van der Waals surface area contributed by atoms with Crippen LogP contribution in [0.1, 0.15) is 39.3 Å². The zero-order valence-electron chi connectivity index (χ0n) is 10.8. The molecule has 17 heavy (non-hydrogen) atoms. The van der Waals surface area contributed by atoms with E-state index in [-0.39, 0.29) is 6.04 Å². The monoisotopic (exact) mass is 236 g/mol. The van der Waals surface area contributed by atoms with E-state index in [1.807, 2.05) is 45.9 Å². The molecule has 0 aliphatic rings. The fourth-order valence-corrected chi connectivity index (χ4v) is 2.06. The molecule has 4 heteroatoms. The van der Waals surface area contributed by atoms with Gasteiger partial charge in [0.2, 0.25) is 0 Å². The minimum Gasteiger partial charge on any atom is -0.465 e. The summed E-state index contributed by atoms with van der Waals surface area (Å²) in [5, 5.41) is 9.32. The highest BCUT2D eigenvalue weighted by Crippen LogP contribution is 2.30. The van der Waals surface area contributed by atoms with Gasteiger partial charge in [-0.2, -0.15) is 0 Å². The lowest BCUT2D eigenvalue weighted by Gasteiger charge is -2.38. The highest BCUT2D eigenvalue weighted by Gasteiger charge is 2.32.